The minimum Gasteiger partial charge on any atom is -0.381 e. The predicted octanol–water partition coefficient (Wildman–Crippen LogP) is 1.98. The second kappa shape index (κ2) is 7.78. The molecule has 8 heteroatoms. The van der Waals surface area contributed by atoms with E-state index in [2.05, 4.69) is 32.1 Å². The summed E-state index contributed by atoms with van der Waals surface area (Å²) in [7, 11) is 0. The molecule has 1 aliphatic carbocycles. The number of nitrogens with zero attached hydrogens (tertiary/aromatic N) is 1. The van der Waals surface area contributed by atoms with Gasteiger partial charge in [-0.05, 0) is 49.8 Å². The lowest BCUT2D eigenvalue weighted by Gasteiger charge is -2.19. The molecule has 1 aromatic rings. The molecule has 1 aromatic heterocycles. The molecule has 3 aliphatic rings. The second-order valence-corrected chi connectivity index (χ2v) is 7.68. The first-order valence-electron chi connectivity index (χ1n) is 9.63. The summed E-state index contributed by atoms with van der Waals surface area (Å²) in [6.45, 7) is 3.62. The average molecular weight is 406 g/mol. The van der Waals surface area contributed by atoms with Gasteiger partial charge in [-0.1, -0.05) is 11.8 Å². The number of ketones is 1. The molecule has 0 spiro atoms. The summed E-state index contributed by atoms with van der Waals surface area (Å²) in [6.07, 6.45) is 7.79. The van der Waals surface area contributed by atoms with Crippen molar-refractivity contribution in [2.24, 2.45) is 4.99 Å². The Balaban J connectivity index is 1.73. The SMILES string of the molecule is CC(C)(O)C(=O)NC1=NCCC(c2[nH]c3c(c2NC2=C=C=CC=C2)C(=O)COC3)=C1. The zero-order chi connectivity index (χ0) is 21.3. The van der Waals surface area contributed by atoms with Crippen LogP contribution in [0.5, 0.6) is 0 Å². The largest absolute Gasteiger partial charge is 0.381 e. The molecule has 0 atom stereocenters. The first-order chi connectivity index (χ1) is 14.3. The molecule has 0 saturated heterocycles. The standard InChI is InChI=1S/C22H22N4O4/c1-22(2,29)21(28)26-17-10-13(8-9-23-17)19-20(24-14-6-4-3-5-7-14)18-15(25-19)11-30-12-16(18)27/h3-4,6,10,24-25,29H,8-9,11-12H2,1-2H3,(H,23,26,28). The number of nitrogens with one attached hydrogen (secondary N) is 3. The van der Waals surface area contributed by atoms with Crippen molar-refractivity contribution in [3.05, 3.63) is 58.4 Å². The van der Waals surface area contributed by atoms with Crippen molar-refractivity contribution in [1.29, 1.82) is 0 Å². The lowest BCUT2D eigenvalue weighted by molar-refractivity contribution is -0.134. The van der Waals surface area contributed by atoms with Crippen LogP contribution < -0.4 is 10.6 Å². The number of carbonyl (C=O) groups excluding carboxylic acids is 2. The van der Waals surface area contributed by atoms with Crippen LogP contribution in [0.25, 0.3) is 5.57 Å². The number of rotatable bonds is 4. The third kappa shape index (κ3) is 3.99. The summed E-state index contributed by atoms with van der Waals surface area (Å²) >= 11 is 0. The highest BCUT2D eigenvalue weighted by Gasteiger charge is 2.30. The molecule has 4 rings (SSSR count). The van der Waals surface area contributed by atoms with Crippen LogP contribution in [0, 0.1) is 0 Å². The van der Waals surface area contributed by atoms with E-state index in [1.165, 1.54) is 13.8 Å². The Kier molecular flexibility index (Phi) is 5.16. The van der Waals surface area contributed by atoms with Crippen LogP contribution >= 0.6 is 0 Å². The maximum absolute atomic E-state index is 12.6. The fourth-order valence-corrected chi connectivity index (χ4v) is 3.33. The van der Waals surface area contributed by atoms with Crippen molar-refractivity contribution in [2.45, 2.75) is 32.5 Å². The number of H-pyrrole nitrogens is 1. The molecule has 2 aliphatic heterocycles. The van der Waals surface area contributed by atoms with Crippen LogP contribution in [-0.4, -0.2) is 46.4 Å². The van der Waals surface area contributed by atoms with Crippen LogP contribution in [0.3, 0.4) is 0 Å². The molecular weight excluding hydrogens is 384 g/mol. The number of aliphatic imine (C=N–C) groups is 1. The van der Waals surface area contributed by atoms with E-state index in [0.29, 0.717) is 48.0 Å². The van der Waals surface area contributed by atoms with E-state index in [9.17, 15) is 14.7 Å². The van der Waals surface area contributed by atoms with E-state index >= 15 is 0 Å². The summed E-state index contributed by atoms with van der Waals surface area (Å²) < 4.78 is 5.37. The van der Waals surface area contributed by atoms with Gasteiger partial charge in [0, 0.05) is 6.54 Å². The third-order valence-corrected chi connectivity index (χ3v) is 4.84. The summed E-state index contributed by atoms with van der Waals surface area (Å²) in [6, 6.07) is 0. The lowest BCUT2D eigenvalue weighted by atomic mass is 10.0. The molecule has 0 radical (unpaired) electrons. The fraction of sp³-hybridized carbons (Fsp3) is 0.318. The number of allylic oxidation sites excluding steroid dienone is 3. The van der Waals surface area contributed by atoms with Crippen molar-refractivity contribution >= 4 is 28.8 Å². The number of carbonyl (C=O) groups is 2. The number of fused-ring (bicyclic) bond motifs is 1. The number of hydrogen-bond acceptors (Lipinski definition) is 6. The third-order valence-electron chi connectivity index (χ3n) is 4.84. The van der Waals surface area contributed by atoms with Gasteiger partial charge < -0.3 is 25.5 Å². The number of hydrogen-bond donors (Lipinski definition) is 4. The van der Waals surface area contributed by atoms with Gasteiger partial charge >= 0.3 is 0 Å². The molecule has 0 unspecified atom stereocenters. The maximum Gasteiger partial charge on any atom is 0.256 e. The lowest BCUT2D eigenvalue weighted by Crippen LogP contribution is -2.44. The molecular formula is C22H22N4O4. The highest BCUT2D eigenvalue weighted by atomic mass is 16.5. The predicted molar refractivity (Wildman–Crippen MR) is 112 cm³/mol. The zero-order valence-electron chi connectivity index (χ0n) is 16.8. The van der Waals surface area contributed by atoms with Crippen molar-refractivity contribution in [2.75, 3.05) is 18.5 Å². The average Bonchev–Trinajstić information content (AvgIpc) is 3.08. The van der Waals surface area contributed by atoms with Gasteiger partial charge in [-0.15, -0.1) is 0 Å². The van der Waals surface area contributed by atoms with Gasteiger partial charge in [0.15, 0.2) is 5.78 Å². The summed E-state index contributed by atoms with van der Waals surface area (Å²) in [4.78, 5) is 32.3. The molecule has 0 saturated carbocycles. The van der Waals surface area contributed by atoms with Gasteiger partial charge in [0.25, 0.3) is 5.91 Å². The van der Waals surface area contributed by atoms with Crippen LogP contribution in [-0.2, 0) is 16.1 Å². The van der Waals surface area contributed by atoms with Gasteiger partial charge in [-0.3, -0.25) is 14.6 Å². The van der Waals surface area contributed by atoms with Gasteiger partial charge in [0.2, 0.25) is 0 Å². The van der Waals surface area contributed by atoms with Gasteiger partial charge in [0.1, 0.15) is 18.0 Å². The molecule has 0 aromatic carbocycles. The number of dihydropyridines is 1. The van der Waals surface area contributed by atoms with Gasteiger partial charge in [-0.25, -0.2) is 0 Å². The highest BCUT2D eigenvalue weighted by molar-refractivity contribution is 6.12. The molecule has 0 fully saturated rings. The molecule has 3 heterocycles. The normalized spacial score (nSPS) is 17.8. The van der Waals surface area contributed by atoms with Crippen LogP contribution in [0.4, 0.5) is 5.69 Å². The van der Waals surface area contributed by atoms with E-state index < -0.39 is 11.5 Å². The van der Waals surface area contributed by atoms with E-state index in [1.54, 1.807) is 12.2 Å². The van der Waals surface area contributed by atoms with Crippen molar-refractivity contribution in [3.63, 3.8) is 0 Å². The van der Waals surface area contributed by atoms with Crippen molar-refractivity contribution < 1.29 is 19.4 Å². The zero-order valence-corrected chi connectivity index (χ0v) is 16.8. The fourth-order valence-electron chi connectivity index (χ4n) is 3.33. The van der Waals surface area contributed by atoms with Crippen molar-refractivity contribution in [3.8, 4) is 0 Å². The highest BCUT2D eigenvalue weighted by Crippen LogP contribution is 2.36. The first-order valence-corrected chi connectivity index (χ1v) is 9.63. The number of aliphatic hydroxyl groups is 1. The first kappa shape index (κ1) is 19.9. The van der Waals surface area contributed by atoms with E-state index in [4.69, 9.17) is 4.74 Å². The quantitative estimate of drug-likeness (QED) is 0.571. The molecule has 154 valence electrons. The Bertz CT molecular complexity index is 1110. The number of anilines is 1. The summed E-state index contributed by atoms with van der Waals surface area (Å²) in [5.74, 6) is -0.285. The minimum atomic E-state index is -1.52. The molecule has 4 N–H and O–H groups in total. The van der Waals surface area contributed by atoms with Gasteiger partial charge in [-0.2, -0.15) is 0 Å². The van der Waals surface area contributed by atoms with E-state index in [0.717, 1.165) is 11.3 Å². The minimum absolute atomic E-state index is 0.0248. The van der Waals surface area contributed by atoms with E-state index in [-0.39, 0.29) is 12.4 Å². The molecule has 30 heavy (non-hydrogen) atoms. The smallest absolute Gasteiger partial charge is 0.256 e. The van der Waals surface area contributed by atoms with Gasteiger partial charge in [0.05, 0.1) is 34.9 Å². The second-order valence-electron chi connectivity index (χ2n) is 7.68. The van der Waals surface area contributed by atoms with Crippen LogP contribution in [0.1, 0.15) is 42.0 Å². The van der Waals surface area contributed by atoms with Crippen LogP contribution in [0.2, 0.25) is 0 Å². The number of ether oxygens (including phenoxy) is 1. The number of amidine groups is 1. The number of Topliss-reactive ketones (excluding diaryl/α,β-unsaturated/α-hetero) is 1. The Hall–Kier alpha value is -3.41. The number of amides is 1. The summed E-state index contributed by atoms with van der Waals surface area (Å²) in [5, 5.41) is 15.8. The molecule has 0 bridgehead atoms. The molecule has 8 nitrogen and oxygen atoms in total. The number of aromatic nitrogens is 1. The van der Waals surface area contributed by atoms with Crippen molar-refractivity contribution in [1.82, 2.24) is 10.3 Å². The van der Waals surface area contributed by atoms with Crippen LogP contribution in [0.15, 0.2) is 46.5 Å². The number of aromatic amines is 1. The van der Waals surface area contributed by atoms with E-state index in [1.807, 2.05) is 12.2 Å². The Morgan fingerprint density at radius 1 is 1.37 bits per heavy atom. The Morgan fingerprint density at radius 2 is 2.20 bits per heavy atom. The molecule has 1 amide bonds. The summed E-state index contributed by atoms with van der Waals surface area (Å²) in [5.41, 5.74) is 8.58. The maximum atomic E-state index is 12.6. The Morgan fingerprint density at radius 3 is 2.93 bits per heavy atom. The monoisotopic (exact) mass is 406 g/mol. The topological polar surface area (TPSA) is 116 Å². The Labute approximate surface area is 173 Å².